The van der Waals surface area contributed by atoms with Gasteiger partial charge in [-0.25, -0.2) is 0 Å². The Morgan fingerprint density at radius 3 is 1.80 bits per heavy atom. The molecule has 0 atom stereocenters. The summed E-state index contributed by atoms with van der Waals surface area (Å²) in [5.41, 5.74) is 6.00. The number of benzene rings is 5. The largest absolute Gasteiger partial charge is 0.366 e. The number of carbonyl (C=O) groups is 1. The van der Waals surface area contributed by atoms with Crippen molar-refractivity contribution in [2.24, 2.45) is 5.73 Å². The summed E-state index contributed by atoms with van der Waals surface area (Å²) in [4.78, 5) is 11.6. The highest BCUT2D eigenvalue weighted by Gasteiger charge is 2.09. The maximum Gasteiger partial charge on any atom is 0.248 e. The zero-order chi connectivity index (χ0) is 17.0. The van der Waals surface area contributed by atoms with E-state index in [-0.39, 0.29) is 0 Å². The molecule has 2 heteroatoms. The monoisotopic (exact) mass is 321 g/mol. The van der Waals surface area contributed by atoms with E-state index < -0.39 is 5.91 Å². The van der Waals surface area contributed by atoms with Gasteiger partial charge in [0, 0.05) is 5.56 Å². The smallest absolute Gasteiger partial charge is 0.248 e. The fourth-order valence-corrected chi connectivity index (χ4v) is 3.79. The Morgan fingerprint density at radius 2 is 1.08 bits per heavy atom. The van der Waals surface area contributed by atoms with Gasteiger partial charge in [-0.15, -0.1) is 0 Å². The quantitative estimate of drug-likeness (QED) is 0.413. The molecule has 118 valence electrons. The molecule has 0 aliphatic carbocycles. The minimum absolute atomic E-state index is 0.398. The molecule has 5 aromatic carbocycles. The molecule has 5 aromatic rings. The van der Waals surface area contributed by atoms with Crippen LogP contribution >= 0.6 is 0 Å². The third-order valence-electron chi connectivity index (χ3n) is 5.03. The van der Waals surface area contributed by atoms with Crippen LogP contribution in [0.3, 0.4) is 0 Å². The first-order valence-electron chi connectivity index (χ1n) is 8.29. The molecule has 0 bridgehead atoms. The van der Waals surface area contributed by atoms with Crippen LogP contribution < -0.4 is 5.73 Å². The third-order valence-corrected chi connectivity index (χ3v) is 5.03. The molecular weight excluding hydrogens is 306 g/mol. The van der Waals surface area contributed by atoms with Crippen molar-refractivity contribution < 1.29 is 4.79 Å². The Balaban J connectivity index is 1.96. The van der Waals surface area contributed by atoms with Crippen molar-refractivity contribution in [1.82, 2.24) is 0 Å². The number of hydrogen-bond donors (Lipinski definition) is 1. The van der Waals surface area contributed by atoms with Gasteiger partial charge in [0.2, 0.25) is 5.91 Å². The van der Waals surface area contributed by atoms with Gasteiger partial charge in [-0.3, -0.25) is 4.79 Å². The predicted octanol–water partition coefficient (Wildman–Crippen LogP) is 5.40. The highest BCUT2D eigenvalue weighted by molar-refractivity contribution is 6.22. The molecule has 1 amide bonds. The van der Waals surface area contributed by atoms with E-state index in [0.29, 0.717) is 5.56 Å². The Morgan fingerprint density at radius 1 is 0.560 bits per heavy atom. The van der Waals surface area contributed by atoms with Gasteiger partial charge in [-0.1, -0.05) is 66.7 Å². The van der Waals surface area contributed by atoms with Gasteiger partial charge in [0.05, 0.1) is 0 Å². The van der Waals surface area contributed by atoms with E-state index in [1.54, 1.807) is 6.07 Å². The summed E-state index contributed by atoms with van der Waals surface area (Å²) in [7, 11) is 0. The first kappa shape index (κ1) is 14.0. The zero-order valence-corrected chi connectivity index (χ0v) is 13.5. The Hall–Kier alpha value is -3.39. The number of hydrogen-bond acceptors (Lipinski definition) is 1. The van der Waals surface area contributed by atoms with Crippen LogP contribution in [0.2, 0.25) is 0 Å². The number of amides is 1. The minimum Gasteiger partial charge on any atom is -0.366 e. The van der Waals surface area contributed by atoms with Crippen LogP contribution in [0.25, 0.3) is 43.1 Å². The van der Waals surface area contributed by atoms with Crippen LogP contribution in [0.5, 0.6) is 0 Å². The summed E-state index contributed by atoms with van der Waals surface area (Å²) in [6.07, 6.45) is 0. The van der Waals surface area contributed by atoms with Crippen molar-refractivity contribution in [3.05, 3.63) is 84.4 Å². The number of fused-ring (bicyclic) bond motifs is 7. The lowest BCUT2D eigenvalue weighted by molar-refractivity contribution is 0.100. The number of primary amides is 1. The molecule has 0 aliphatic rings. The second kappa shape index (κ2) is 5.05. The molecule has 2 nitrogen and oxygen atoms in total. The number of nitrogens with two attached hydrogens (primary N) is 1. The van der Waals surface area contributed by atoms with E-state index in [9.17, 15) is 4.79 Å². The Labute approximate surface area is 144 Å². The molecule has 0 unspecified atom stereocenters. The first-order valence-corrected chi connectivity index (χ1v) is 8.29. The minimum atomic E-state index is -0.398. The molecule has 0 fully saturated rings. The van der Waals surface area contributed by atoms with Gasteiger partial charge in [0.1, 0.15) is 0 Å². The van der Waals surface area contributed by atoms with E-state index >= 15 is 0 Å². The van der Waals surface area contributed by atoms with Crippen LogP contribution in [0.4, 0.5) is 0 Å². The van der Waals surface area contributed by atoms with Gasteiger partial charge in [0.15, 0.2) is 0 Å². The van der Waals surface area contributed by atoms with E-state index in [1.165, 1.54) is 26.9 Å². The molecular formula is C23H15NO. The van der Waals surface area contributed by atoms with Gasteiger partial charge in [-0.2, -0.15) is 0 Å². The van der Waals surface area contributed by atoms with Crippen molar-refractivity contribution in [2.45, 2.75) is 0 Å². The average Bonchev–Trinajstić information content (AvgIpc) is 2.66. The van der Waals surface area contributed by atoms with Crippen molar-refractivity contribution >= 4 is 49.0 Å². The molecule has 0 aliphatic heterocycles. The van der Waals surface area contributed by atoms with E-state index in [1.807, 2.05) is 12.1 Å². The zero-order valence-electron chi connectivity index (χ0n) is 13.5. The maximum atomic E-state index is 11.6. The second-order valence-electron chi connectivity index (χ2n) is 6.41. The molecule has 0 saturated heterocycles. The Kier molecular flexibility index (Phi) is 2.83. The van der Waals surface area contributed by atoms with E-state index in [2.05, 4.69) is 60.7 Å². The van der Waals surface area contributed by atoms with Crippen molar-refractivity contribution in [2.75, 3.05) is 0 Å². The molecule has 2 N–H and O–H groups in total. The van der Waals surface area contributed by atoms with Crippen molar-refractivity contribution in [3.8, 4) is 0 Å². The fraction of sp³-hybridized carbons (Fsp3) is 0. The average molecular weight is 321 g/mol. The molecule has 0 saturated carbocycles. The lowest BCUT2D eigenvalue weighted by Gasteiger charge is -2.10. The van der Waals surface area contributed by atoms with Gasteiger partial charge >= 0.3 is 0 Å². The third kappa shape index (κ3) is 2.01. The summed E-state index contributed by atoms with van der Waals surface area (Å²) in [6.45, 7) is 0. The van der Waals surface area contributed by atoms with Gasteiger partial charge in [0.25, 0.3) is 0 Å². The summed E-state index contributed by atoms with van der Waals surface area (Å²) >= 11 is 0. The SMILES string of the molecule is NC(=O)c1ccc2ccc3c(ccc4c5ccccc5ccc43)c2c1. The summed E-state index contributed by atoms with van der Waals surface area (Å²) in [6, 6.07) is 27.0. The summed E-state index contributed by atoms with van der Waals surface area (Å²) < 4.78 is 0. The van der Waals surface area contributed by atoms with Gasteiger partial charge < -0.3 is 5.73 Å². The van der Waals surface area contributed by atoms with Gasteiger partial charge in [-0.05, 0) is 55.2 Å². The van der Waals surface area contributed by atoms with E-state index in [0.717, 1.165) is 16.2 Å². The predicted molar refractivity (Wildman–Crippen MR) is 105 cm³/mol. The molecule has 25 heavy (non-hydrogen) atoms. The highest BCUT2D eigenvalue weighted by atomic mass is 16.1. The maximum absolute atomic E-state index is 11.6. The standard InChI is InChI=1S/C23H15NO/c24-23(25)16-6-5-15-8-10-20-19-9-7-14-3-1-2-4-17(14)18(19)11-12-21(20)22(15)13-16/h1-13H,(H2,24,25). The lowest BCUT2D eigenvalue weighted by atomic mass is 9.93. The molecule has 5 rings (SSSR count). The molecule has 0 heterocycles. The Bertz CT molecular complexity index is 1320. The number of rotatable bonds is 1. The second-order valence-corrected chi connectivity index (χ2v) is 6.41. The fourth-order valence-electron chi connectivity index (χ4n) is 3.79. The van der Waals surface area contributed by atoms with Crippen LogP contribution in [-0.4, -0.2) is 5.91 Å². The molecule has 0 spiro atoms. The summed E-state index contributed by atoms with van der Waals surface area (Å²) in [5, 5.41) is 9.47. The molecule has 0 radical (unpaired) electrons. The van der Waals surface area contributed by atoms with Crippen LogP contribution in [0.1, 0.15) is 10.4 Å². The summed E-state index contributed by atoms with van der Waals surface area (Å²) in [5.74, 6) is -0.398. The van der Waals surface area contributed by atoms with Crippen LogP contribution in [0, 0.1) is 0 Å². The molecule has 0 aromatic heterocycles. The highest BCUT2D eigenvalue weighted by Crippen LogP contribution is 2.34. The van der Waals surface area contributed by atoms with Crippen molar-refractivity contribution in [3.63, 3.8) is 0 Å². The van der Waals surface area contributed by atoms with Crippen LogP contribution in [0.15, 0.2) is 78.9 Å². The van der Waals surface area contributed by atoms with Crippen molar-refractivity contribution in [1.29, 1.82) is 0 Å². The topological polar surface area (TPSA) is 43.1 Å². The normalized spacial score (nSPS) is 11.5. The lowest BCUT2D eigenvalue weighted by Crippen LogP contribution is -2.10. The van der Waals surface area contributed by atoms with Crippen LogP contribution in [-0.2, 0) is 0 Å². The number of carbonyl (C=O) groups excluding carboxylic acids is 1. The first-order chi connectivity index (χ1) is 12.2. The van der Waals surface area contributed by atoms with E-state index in [4.69, 9.17) is 5.73 Å².